The zero-order valence-electron chi connectivity index (χ0n) is 10.6. The lowest BCUT2D eigenvalue weighted by Crippen LogP contribution is -1.95. The molecule has 2 aromatic heterocycles. The number of benzene rings is 1. The van der Waals surface area contributed by atoms with E-state index in [1.165, 1.54) is 0 Å². The van der Waals surface area contributed by atoms with Crippen LogP contribution in [-0.4, -0.2) is 15.0 Å². The third kappa shape index (κ3) is 2.15. The first-order chi connectivity index (χ1) is 9.29. The van der Waals surface area contributed by atoms with E-state index in [1.54, 1.807) is 6.33 Å². The van der Waals surface area contributed by atoms with Crippen molar-refractivity contribution in [2.24, 2.45) is 0 Å². The molecule has 1 N–H and O–H groups in total. The van der Waals surface area contributed by atoms with Gasteiger partial charge in [0, 0.05) is 22.7 Å². The van der Waals surface area contributed by atoms with Crippen LogP contribution in [0.15, 0.2) is 42.9 Å². The Bertz CT molecular complexity index is 792. The van der Waals surface area contributed by atoms with Crippen LogP contribution in [0, 0.1) is 4.64 Å². The summed E-state index contributed by atoms with van der Waals surface area (Å²) >= 11 is 5.28. The molecule has 0 aliphatic carbocycles. The SMILES string of the molecule is CCc1c(-c2cnc3ccccc3c2)[nH]cnc1=S. The van der Waals surface area contributed by atoms with Crippen LogP contribution in [0.25, 0.3) is 22.2 Å². The summed E-state index contributed by atoms with van der Waals surface area (Å²) in [5.74, 6) is 0. The fourth-order valence-corrected chi connectivity index (χ4v) is 2.52. The molecule has 0 amide bonds. The minimum absolute atomic E-state index is 0.657. The van der Waals surface area contributed by atoms with Crippen LogP contribution in [0.4, 0.5) is 0 Å². The molecule has 3 rings (SSSR count). The van der Waals surface area contributed by atoms with Crippen LogP contribution in [0.1, 0.15) is 12.5 Å². The quantitative estimate of drug-likeness (QED) is 0.716. The Kier molecular flexibility index (Phi) is 3.09. The summed E-state index contributed by atoms with van der Waals surface area (Å²) in [5, 5.41) is 1.12. The second-order valence-corrected chi connectivity index (χ2v) is 4.72. The fourth-order valence-electron chi connectivity index (χ4n) is 2.22. The molecule has 0 saturated carbocycles. The van der Waals surface area contributed by atoms with Crippen molar-refractivity contribution in [3.63, 3.8) is 0 Å². The van der Waals surface area contributed by atoms with Crippen molar-refractivity contribution in [3.8, 4) is 11.3 Å². The number of aromatic nitrogens is 3. The molecule has 0 atom stereocenters. The molecular weight excluding hydrogens is 254 g/mol. The molecular formula is C15H13N3S. The number of hydrogen-bond acceptors (Lipinski definition) is 3. The molecule has 1 aromatic carbocycles. The van der Waals surface area contributed by atoms with Crippen LogP contribution in [-0.2, 0) is 6.42 Å². The van der Waals surface area contributed by atoms with Crippen molar-refractivity contribution < 1.29 is 0 Å². The normalized spacial score (nSPS) is 10.8. The second-order valence-electron chi connectivity index (χ2n) is 4.33. The van der Waals surface area contributed by atoms with Crippen LogP contribution in [0.2, 0.25) is 0 Å². The summed E-state index contributed by atoms with van der Waals surface area (Å²) in [6, 6.07) is 10.2. The Morgan fingerprint density at radius 1 is 1.21 bits per heavy atom. The molecule has 0 aliphatic heterocycles. The lowest BCUT2D eigenvalue weighted by Gasteiger charge is -2.08. The number of fused-ring (bicyclic) bond motifs is 1. The van der Waals surface area contributed by atoms with Gasteiger partial charge in [-0.15, -0.1) is 0 Å². The van der Waals surface area contributed by atoms with Crippen LogP contribution in [0.3, 0.4) is 0 Å². The molecule has 3 aromatic rings. The van der Waals surface area contributed by atoms with E-state index in [1.807, 2.05) is 24.4 Å². The third-order valence-corrected chi connectivity index (χ3v) is 3.54. The average molecular weight is 267 g/mol. The lowest BCUT2D eigenvalue weighted by molar-refractivity contribution is 1.04. The lowest BCUT2D eigenvalue weighted by atomic mass is 10.1. The predicted octanol–water partition coefficient (Wildman–Crippen LogP) is 3.92. The molecule has 4 heteroatoms. The molecule has 0 aliphatic rings. The first kappa shape index (κ1) is 12.0. The summed E-state index contributed by atoms with van der Waals surface area (Å²) in [5.41, 5.74) is 4.12. The molecule has 0 radical (unpaired) electrons. The van der Waals surface area contributed by atoms with E-state index in [9.17, 15) is 0 Å². The Morgan fingerprint density at radius 2 is 2.05 bits per heavy atom. The smallest absolute Gasteiger partial charge is 0.133 e. The van der Waals surface area contributed by atoms with Gasteiger partial charge in [0.05, 0.1) is 17.5 Å². The zero-order chi connectivity index (χ0) is 13.2. The standard InChI is InChI=1S/C15H13N3S/c1-2-12-14(17-9-18-15(12)19)11-7-10-5-3-4-6-13(10)16-8-11/h3-9H,2H2,1H3,(H,17,18,19). The van der Waals surface area contributed by atoms with E-state index in [0.29, 0.717) is 4.64 Å². The summed E-state index contributed by atoms with van der Waals surface area (Å²) < 4.78 is 0.657. The van der Waals surface area contributed by atoms with E-state index >= 15 is 0 Å². The molecule has 3 nitrogen and oxygen atoms in total. The summed E-state index contributed by atoms with van der Waals surface area (Å²) in [6.07, 6.45) is 4.37. The number of aromatic amines is 1. The van der Waals surface area contributed by atoms with Gasteiger partial charge in [0.1, 0.15) is 4.64 Å². The van der Waals surface area contributed by atoms with Gasteiger partial charge in [-0.25, -0.2) is 4.98 Å². The van der Waals surface area contributed by atoms with E-state index in [4.69, 9.17) is 12.2 Å². The molecule has 0 unspecified atom stereocenters. The van der Waals surface area contributed by atoms with Gasteiger partial charge < -0.3 is 4.98 Å². The van der Waals surface area contributed by atoms with Crippen molar-refractivity contribution in [2.45, 2.75) is 13.3 Å². The van der Waals surface area contributed by atoms with Gasteiger partial charge >= 0.3 is 0 Å². The van der Waals surface area contributed by atoms with E-state index in [2.05, 4.69) is 34.0 Å². The van der Waals surface area contributed by atoms with Gasteiger partial charge in [-0.05, 0) is 18.6 Å². The van der Waals surface area contributed by atoms with Gasteiger partial charge in [-0.3, -0.25) is 4.98 Å². The highest BCUT2D eigenvalue weighted by Gasteiger charge is 2.07. The van der Waals surface area contributed by atoms with Crippen LogP contribution >= 0.6 is 12.2 Å². The predicted molar refractivity (Wildman–Crippen MR) is 79.5 cm³/mol. The molecule has 2 heterocycles. The Hall–Kier alpha value is -2.07. The molecule has 0 fully saturated rings. The zero-order valence-corrected chi connectivity index (χ0v) is 11.4. The average Bonchev–Trinajstić information content (AvgIpc) is 2.46. The highest BCUT2D eigenvalue weighted by Crippen LogP contribution is 2.24. The molecule has 0 saturated heterocycles. The van der Waals surface area contributed by atoms with Crippen molar-refractivity contribution in [1.29, 1.82) is 0 Å². The molecule has 19 heavy (non-hydrogen) atoms. The maximum absolute atomic E-state index is 5.28. The maximum Gasteiger partial charge on any atom is 0.133 e. The van der Waals surface area contributed by atoms with Gasteiger partial charge in [-0.1, -0.05) is 37.3 Å². The summed E-state index contributed by atoms with van der Waals surface area (Å²) in [7, 11) is 0. The summed E-state index contributed by atoms with van der Waals surface area (Å²) in [4.78, 5) is 11.8. The minimum atomic E-state index is 0.657. The highest BCUT2D eigenvalue weighted by atomic mass is 32.1. The number of rotatable bonds is 2. The minimum Gasteiger partial charge on any atom is -0.345 e. The van der Waals surface area contributed by atoms with Crippen molar-refractivity contribution in [2.75, 3.05) is 0 Å². The number of H-pyrrole nitrogens is 1. The monoisotopic (exact) mass is 267 g/mol. The molecule has 0 bridgehead atoms. The van der Waals surface area contributed by atoms with E-state index in [-0.39, 0.29) is 0 Å². The van der Waals surface area contributed by atoms with Gasteiger partial charge in [0.15, 0.2) is 0 Å². The Morgan fingerprint density at radius 3 is 2.89 bits per heavy atom. The third-order valence-electron chi connectivity index (χ3n) is 3.18. The van der Waals surface area contributed by atoms with Gasteiger partial charge in [0.2, 0.25) is 0 Å². The summed E-state index contributed by atoms with van der Waals surface area (Å²) in [6.45, 7) is 2.08. The van der Waals surface area contributed by atoms with Crippen molar-refractivity contribution >= 4 is 23.1 Å². The van der Waals surface area contributed by atoms with Crippen molar-refractivity contribution in [3.05, 3.63) is 53.1 Å². The number of hydrogen-bond donors (Lipinski definition) is 1. The first-order valence-electron chi connectivity index (χ1n) is 6.21. The number of pyridine rings is 1. The van der Waals surface area contributed by atoms with Crippen LogP contribution in [0.5, 0.6) is 0 Å². The number of nitrogens with one attached hydrogen (secondary N) is 1. The molecule has 0 spiro atoms. The van der Waals surface area contributed by atoms with Crippen molar-refractivity contribution in [1.82, 2.24) is 15.0 Å². The first-order valence-corrected chi connectivity index (χ1v) is 6.62. The van der Waals surface area contributed by atoms with E-state index < -0.39 is 0 Å². The van der Waals surface area contributed by atoms with Gasteiger partial charge in [0.25, 0.3) is 0 Å². The fraction of sp³-hybridized carbons (Fsp3) is 0.133. The topological polar surface area (TPSA) is 41.6 Å². The Balaban J connectivity index is 2.25. The Labute approximate surface area is 116 Å². The molecule has 94 valence electrons. The number of para-hydroxylation sites is 1. The van der Waals surface area contributed by atoms with Crippen LogP contribution < -0.4 is 0 Å². The van der Waals surface area contributed by atoms with E-state index in [0.717, 1.165) is 34.1 Å². The highest BCUT2D eigenvalue weighted by molar-refractivity contribution is 7.71. The maximum atomic E-state index is 5.28. The second kappa shape index (κ2) is 4.90. The van der Waals surface area contributed by atoms with Gasteiger partial charge in [-0.2, -0.15) is 0 Å². The largest absolute Gasteiger partial charge is 0.345 e. The number of nitrogens with zero attached hydrogens (tertiary/aromatic N) is 2.